The SMILES string of the molecule is COc1ccc(CCCCC(N)C(C)(C)C)cc1. The molecule has 0 saturated heterocycles. The van der Waals surface area contributed by atoms with Crippen molar-refractivity contribution in [1.82, 2.24) is 0 Å². The van der Waals surface area contributed by atoms with Crippen molar-refractivity contribution in [3.05, 3.63) is 29.8 Å². The van der Waals surface area contributed by atoms with E-state index in [1.54, 1.807) is 7.11 Å². The fourth-order valence-corrected chi connectivity index (χ4v) is 1.92. The molecule has 1 atom stereocenters. The van der Waals surface area contributed by atoms with Gasteiger partial charge in [0, 0.05) is 6.04 Å². The Bertz CT molecular complexity index is 337. The van der Waals surface area contributed by atoms with Crippen LogP contribution in [0.3, 0.4) is 0 Å². The number of hydrogen-bond acceptors (Lipinski definition) is 2. The lowest BCUT2D eigenvalue weighted by Crippen LogP contribution is -2.34. The summed E-state index contributed by atoms with van der Waals surface area (Å²) in [6.45, 7) is 6.63. The van der Waals surface area contributed by atoms with Gasteiger partial charge in [-0.2, -0.15) is 0 Å². The standard InChI is InChI=1S/C16H27NO/c1-16(2,3)15(17)8-6-5-7-13-9-11-14(18-4)12-10-13/h9-12,15H,5-8,17H2,1-4H3. The second-order valence-electron chi connectivity index (χ2n) is 6.07. The Labute approximate surface area is 112 Å². The van der Waals surface area contributed by atoms with Crippen molar-refractivity contribution < 1.29 is 4.74 Å². The van der Waals surface area contributed by atoms with Gasteiger partial charge in [0.25, 0.3) is 0 Å². The minimum absolute atomic E-state index is 0.222. The summed E-state index contributed by atoms with van der Waals surface area (Å²) in [5.41, 5.74) is 7.75. The van der Waals surface area contributed by atoms with Crippen LogP contribution in [-0.4, -0.2) is 13.2 Å². The van der Waals surface area contributed by atoms with E-state index in [2.05, 4.69) is 32.9 Å². The van der Waals surface area contributed by atoms with Crippen LogP contribution in [0.1, 0.15) is 45.6 Å². The zero-order chi connectivity index (χ0) is 13.6. The minimum Gasteiger partial charge on any atom is -0.497 e. The van der Waals surface area contributed by atoms with E-state index >= 15 is 0 Å². The minimum atomic E-state index is 0.222. The Kier molecular flexibility index (Phi) is 5.67. The van der Waals surface area contributed by atoms with Gasteiger partial charge >= 0.3 is 0 Å². The van der Waals surface area contributed by atoms with E-state index < -0.39 is 0 Å². The van der Waals surface area contributed by atoms with Gasteiger partial charge in [0.1, 0.15) is 5.75 Å². The molecule has 0 aromatic heterocycles. The third-order valence-corrected chi connectivity index (χ3v) is 3.50. The lowest BCUT2D eigenvalue weighted by Gasteiger charge is -2.26. The largest absolute Gasteiger partial charge is 0.497 e. The first-order valence-electron chi connectivity index (χ1n) is 6.82. The Hall–Kier alpha value is -1.02. The van der Waals surface area contributed by atoms with Crippen LogP contribution >= 0.6 is 0 Å². The Morgan fingerprint density at radius 3 is 2.22 bits per heavy atom. The Morgan fingerprint density at radius 2 is 1.72 bits per heavy atom. The van der Waals surface area contributed by atoms with Gasteiger partial charge in [0.05, 0.1) is 7.11 Å². The van der Waals surface area contributed by atoms with Crippen molar-refractivity contribution in [3.63, 3.8) is 0 Å². The smallest absolute Gasteiger partial charge is 0.118 e. The topological polar surface area (TPSA) is 35.2 Å². The van der Waals surface area contributed by atoms with Gasteiger partial charge in [-0.1, -0.05) is 39.3 Å². The Morgan fingerprint density at radius 1 is 1.11 bits per heavy atom. The van der Waals surface area contributed by atoms with E-state index in [0.717, 1.165) is 18.6 Å². The lowest BCUT2D eigenvalue weighted by atomic mass is 9.84. The van der Waals surface area contributed by atoms with Gasteiger partial charge in [0.15, 0.2) is 0 Å². The molecule has 2 N–H and O–H groups in total. The second kappa shape index (κ2) is 6.79. The van der Waals surface area contributed by atoms with Crippen LogP contribution in [0.4, 0.5) is 0 Å². The number of hydrogen-bond donors (Lipinski definition) is 1. The summed E-state index contributed by atoms with van der Waals surface area (Å²) in [7, 11) is 1.70. The molecule has 1 rings (SSSR count). The molecule has 102 valence electrons. The van der Waals surface area contributed by atoms with Crippen molar-refractivity contribution in [2.75, 3.05) is 7.11 Å². The summed E-state index contributed by atoms with van der Waals surface area (Å²) in [4.78, 5) is 0. The van der Waals surface area contributed by atoms with Crippen molar-refractivity contribution in [3.8, 4) is 5.75 Å². The summed E-state index contributed by atoms with van der Waals surface area (Å²) >= 11 is 0. The van der Waals surface area contributed by atoms with Crippen LogP contribution in [0, 0.1) is 5.41 Å². The summed E-state index contributed by atoms with van der Waals surface area (Å²) in [5, 5.41) is 0. The summed E-state index contributed by atoms with van der Waals surface area (Å²) < 4.78 is 5.15. The molecule has 0 fully saturated rings. The molecular weight excluding hydrogens is 222 g/mol. The van der Waals surface area contributed by atoms with Crippen molar-refractivity contribution in [1.29, 1.82) is 0 Å². The maximum Gasteiger partial charge on any atom is 0.118 e. The molecule has 0 radical (unpaired) electrons. The molecule has 2 heteroatoms. The third kappa shape index (κ3) is 5.09. The number of rotatable bonds is 6. The van der Waals surface area contributed by atoms with Crippen molar-refractivity contribution >= 4 is 0 Å². The van der Waals surface area contributed by atoms with Gasteiger partial charge in [-0.25, -0.2) is 0 Å². The monoisotopic (exact) mass is 249 g/mol. The molecule has 0 amide bonds. The van der Waals surface area contributed by atoms with Gasteiger partial charge in [-0.05, 0) is 42.4 Å². The van der Waals surface area contributed by atoms with Gasteiger partial charge < -0.3 is 10.5 Å². The van der Waals surface area contributed by atoms with E-state index in [4.69, 9.17) is 10.5 Å². The normalized spacial score (nSPS) is 13.4. The Balaban J connectivity index is 2.25. The first kappa shape index (κ1) is 15.0. The number of benzene rings is 1. The maximum absolute atomic E-state index is 6.15. The molecule has 2 nitrogen and oxygen atoms in total. The molecule has 1 aromatic carbocycles. The van der Waals surface area contributed by atoms with Gasteiger partial charge in [-0.3, -0.25) is 0 Å². The molecule has 0 aliphatic heterocycles. The van der Waals surface area contributed by atoms with Gasteiger partial charge in [-0.15, -0.1) is 0 Å². The van der Waals surface area contributed by atoms with E-state index in [1.165, 1.54) is 18.4 Å². The average molecular weight is 249 g/mol. The van der Waals surface area contributed by atoms with Gasteiger partial charge in [0.2, 0.25) is 0 Å². The quantitative estimate of drug-likeness (QED) is 0.779. The summed E-state index contributed by atoms with van der Waals surface area (Å²) in [5.74, 6) is 0.925. The molecule has 0 heterocycles. The number of aryl methyl sites for hydroxylation is 1. The number of nitrogens with two attached hydrogens (primary N) is 1. The van der Waals surface area contributed by atoms with E-state index in [1.807, 2.05) is 12.1 Å². The van der Waals surface area contributed by atoms with Crippen LogP contribution in [0.2, 0.25) is 0 Å². The highest BCUT2D eigenvalue weighted by molar-refractivity contribution is 5.27. The van der Waals surface area contributed by atoms with Crippen LogP contribution in [0.5, 0.6) is 5.75 Å². The first-order valence-corrected chi connectivity index (χ1v) is 6.82. The zero-order valence-electron chi connectivity index (χ0n) is 12.2. The third-order valence-electron chi connectivity index (χ3n) is 3.50. The van der Waals surface area contributed by atoms with E-state index in [0.29, 0.717) is 6.04 Å². The predicted molar refractivity (Wildman–Crippen MR) is 78.0 cm³/mol. The van der Waals surface area contributed by atoms with Crippen LogP contribution in [-0.2, 0) is 6.42 Å². The van der Waals surface area contributed by atoms with E-state index in [-0.39, 0.29) is 5.41 Å². The van der Waals surface area contributed by atoms with Crippen molar-refractivity contribution in [2.45, 2.75) is 52.5 Å². The highest BCUT2D eigenvalue weighted by Gasteiger charge is 2.19. The number of methoxy groups -OCH3 is 1. The fraction of sp³-hybridized carbons (Fsp3) is 0.625. The molecule has 0 saturated carbocycles. The highest BCUT2D eigenvalue weighted by atomic mass is 16.5. The average Bonchev–Trinajstić information content (AvgIpc) is 2.34. The lowest BCUT2D eigenvalue weighted by molar-refractivity contribution is 0.299. The zero-order valence-corrected chi connectivity index (χ0v) is 12.2. The maximum atomic E-state index is 6.15. The molecule has 0 aliphatic carbocycles. The van der Waals surface area contributed by atoms with E-state index in [9.17, 15) is 0 Å². The molecule has 0 bridgehead atoms. The van der Waals surface area contributed by atoms with Crippen molar-refractivity contribution in [2.24, 2.45) is 11.1 Å². The van der Waals surface area contributed by atoms with Crippen LogP contribution in [0.15, 0.2) is 24.3 Å². The molecule has 0 spiro atoms. The van der Waals surface area contributed by atoms with Crippen LogP contribution in [0.25, 0.3) is 0 Å². The molecular formula is C16H27NO. The van der Waals surface area contributed by atoms with Crippen LogP contribution < -0.4 is 10.5 Å². The fourth-order valence-electron chi connectivity index (χ4n) is 1.92. The highest BCUT2D eigenvalue weighted by Crippen LogP contribution is 2.22. The molecule has 0 aliphatic rings. The molecule has 1 unspecified atom stereocenters. The summed E-state index contributed by atoms with van der Waals surface area (Å²) in [6.07, 6.45) is 4.64. The molecule has 1 aromatic rings. The summed E-state index contributed by atoms with van der Waals surface area (Å²) in [6, 6.07) is 8.63. The second-order valence-corrected chi connectivity index (χ2v) is 6.07. The molecule has 18 heavy (non-hydrogen) atoms. The number of ether oxygens (including phenoxy) is 1. The first-order chi connectivity index (χ1) is 8.43. The number of unbranched alkanes of at least 4 members (excludes halogenated alkanes) is 1. The predicted octanol–water partition coefficient (Wildman–Crippen LogP) is 3.78.